The number of sulfonamides is 1. The van der Waals surface area contributed by atoms with Gasteiger partial charge in [0.2, 0.25) is 10.0 Å². The van der Waals surface area contributed by atoms with Crippen LogP contribution in [0.5, 0.6) is 11.5 Å². The van der Waals surface area contributed by atoms with Crippen LogP contribution >= 0.6 is 11.3 Å². The number of benzene rings is 3. The number of para-hydroxylation sites is 1. The molecule has 2 heterocycles. The largest absolute Gasteiger partial charge is 0.457 e. The maximum Gasteiger partial charge on any atom is 0.243 e. The van der Waals surface area contributed by atoms with E-state index in [0.717, 1.165) is 52.8 Å². The van der Waals surface area contributed by atoms with Crippen molar-refractivity contribution in [1.29, 1.82) is 0 Å². The number of hydrogen-bond acceptors (Lipinski definition) is 6. The fourth-order valence-electron chi connectivity index (χ4n) is 3.87. The quantitative estimate of drug-likeness (QED) is 0.319. The van der Waals surface area contributed by atoms with Crippen molar-refractivity contribution in [1.82, 2.24) is 9.29 Å². The summed E-state index contributed by atoms with van der Waals surface area (Å²) < 4.78 is 33.1. The fourth-order valence-corrected chi connectivity index (χ4v) is 6.13. The molecule has 0 atom stereocenters. The number of hydrogen-bond donors (Lipinski definition) is 1. The average molecular weight is 492 g/mol. The summed E-state index contributed by atoms with van der Waals surface area (Å²) in [4.78, 5) is 5.00. The van der Waals surface area contributed by atoms with Crippen LogP contribution in [0.4, 0.5) is 10.8 Å². The minimum absolute atomic E-state index is 0.338. The molecule has 6 nitrogen and oxygen atoms in total. The van der Waals surface area contributed by atoms with Gasteiger partial charge in [0.25, 0.3) is 0 Å². The van der Waals surface area contributed by atoms with Gasteiger partial charge >= 0.3 is 0 Å². The van der Waals surface area contributed by atoms with Gasteiger partial charge in [0, 0.05) is 29.7 Å². The Hall–Kier alpha value is -3.20. The molecule has 1 saturated heterocycles. The number of thiazole rings is 1. The van der Waals surface area contributed by atoms with Crippen molar-refractivity contribution in [3.8, 4) is 22.8 Å². The van der Waals surface area contributed by atoms with Gasteiger partial charge in [-0.15, -0.1) is 11.3 Å². The summed E-state index contributed by atoms with van der Waals surface area (Å²) in [5, 5.41) is 6.04. The van der Waals surface area contributed by atoms with Crippen molar-refractivity contribution >= 4 is 32.2 Å². The van der Waals surface area contributed by atoms with Crippen LogP contribution < -0.4 is 10.1 Å². The molecule has 1 aliphatic heterocycles. The van der Waals surface area contributed by atoms with Crippen molar-refractivity contribution in [3.05, 3.63) is 84.2 Å². The molecule has 1 aromatic heterocycles. The van der Waals surface area contributed by atoms with Gasteiger partial charge in [-0.1, -0.05) is 36.8 Å². The number of nitrogens with one attached hydrogen (secondary N) is 1. The molecule has 1 N–H and O–H groups in total. The van der Waals surface area contributed by atoms with Crippen LogP contribution in [0.1, 0.15) is 19.3 Å². The first-order chi connectivity index (χ1) is 16.6. The number of nitrogens with zero attached hydrogens (tertiary/aromatic N) is 2. The molecule has 0 spiro atoms. The average Bonchev–Trinajstić information content (AvgIpc) is 3.35. The second-order valence-corrected chi connectivity index (χ2v) is 10.9. The van der Waals surface area contributed by atoms with E-state index in [-0.39, 0.29) is 0 Å². The first-order valence-corrected chi connectivity index (χ1v) is 13.6. The predicted octanol–water partition coefficient (Wildman–Crippen LogP) is 6.52. The van der Waals surface area contributed by atoms with E-state index < -0.39 is 10.0 Å². The maximum absolute atomic E-state index is 12.9. The minimum Gasteiger partial charge on any atom is -0.457 e. The lowest BCUT2D eigenvalue weighted by molar-refractivity contribution is 0.346. The third-order valence-corrected chi connectivity index (χ3v) is 8.36. The van der Waals surface area contributed by atoms with Gasteiger partial charge in [-0.25, -0.2) is 13.4 Å². The third kappa shape index (κ3) is 5.14. The lowest BCUT2D eigenvalue weighted by Crippen LogP contribution is -2.35. The summed E-state index contributed by atoms with van der Waals surface area (Å²) in [5.41, 5.74) is 2.59. The Morgan fingerprint density at radius 1 is 0.824 bits per heavy atom. The number of anilines is 2. The van der Waals surface area contributed by atoms with Crippen LogP contribution in [0.2, 0.25) is 0 Å². The smallest absolute Gasteiger partial charge is 0.243 e. The molecule has 4 aromatic rings. The molecule has 0 saturated carbocycles. The molecule has 0 radical (unpaired) electrons. The summed E-state index contributed by atoms with van der Waals surface area (Å²) in [5.74, 6) is 1.55. The number of piperidine rings is 1. The molecular weight excluding hydrogens is 466 g/mol. The Bertz CT molecular complexity index is 1330. The Balaban J connectivity index is 1.24. The van der Waals surface area contributed by atoms with Crippen LogP contribution in [0.15, 0.2) is 89.1 Å². The maximum atomic E-state index is 12.9. The summed E-state index contributed by atoms with van der Waals surface area (Å²) in [6.07, 6.45) is 2.94. The highest BCUT2D eigenvalue weighted by atomic mass is 32.2. The lowest BCUT2D eigenvalue weighted by atomic mass is 10.2. The molecule has 0 unspecified atom stereocenters. The van der Waals surface area contributed by atoms with Gasteiger partial charge in [0.15, 0.2) is 5.13 Å². The van der Waals surface area contributed by atoms with E-state index in [2.05, 4.69) is 10.3 Å². The van der Waals surface area contributed by atoms with Crippen LogP contribution in [-0.2, 0) is 10.0 Å². The monoisotopic (exact) mass is 491 g/mol. The Kier molecular flexibility index (Phi) is 6.62. The van der Waals surface area contributed by atoms with Crippen LogP contribution in [0.3, 0.4) is 0 Å². The van der Waals surface area contributed by atoms with E-state index in [0.29, 0.717) is 18.0 Å². The van der Waals surface area contributed by atoms with E-state index >= 15 is 0 Å². The zero-order chi connectivity index (χ0) is 23.4. The normalized spacial score (nSPS) is 14.6. The first-order valence-electron chi connectivity index (χ1n) is 11.2. The molecule has 1 fully saturated rings. The molecular formula is C26H25N3O3S2. The zero-order valence-electron chi connectivity index (χ0n) is 18.6. The standard InChI is InChI=1S/C26H25N3O3S2/c30-34(31,29-17-5-2-6-18-29)24-15-9-20(10-16-24)25-19-33-26(28-25)27-21-11-13-23(14-12-21)32-22-7-3-1-4-8-22/h1,3-4,7-16,19H,2,5-6,17-18H2,(H,27,28). The Morgan fingerprint density at radius 3 is 2.21 bits per heavy atom. The fraction of sp³-hybridized carbons (Fsp3) is 0.192. The Morgan fingerprint density at radius 2 is 1.50 bits per heavy atom. The van der Waals surface area contributed by atoms with Crippen molar-refractivity contribution in [2.75, 3.05) is 18.4 Å². The molecule has 0 bridgehead atoms. The van der Waals surface area contributed by atoms with Gasteiger partial charge in [-0.05, 0) is 61.4 Å². The molecule has 1 aliphatic rings. The minimum atomic E-state index is -3.43. The van der Waals surface area contributed by atoms with E-state index in [1.807, 2.05) is 72.1 Å². The molecule has 34 heavy (non-hydrogen) atoms. The number of rotatable bonds is 7. The van der Waals surface area contributed by atoms with Gasteiger partial charge < -0.3 is 10.1 Å². The van der Waals surface area contributed by atoms with Crippen molar-refractivity contribution in [2.45, 2.75) is 24.2 Å². The van der Waals surface area contributed by atoms with Crippen molar-refractivity contribution < 1.29 is 13.2 Å². The lowest BCUT2D eigenvalue weighted by Gasteiger charge is -2.25. The van der Waals surface area contributed by atoms with Crippen molar-refractivity contribution in [2.24, 2.45) is 0 Å². The third-order valence-electron chi connectivity index (χ3n) is 5.69. The molecule has 0 aliphatic carbocycles. The molecule has 174 valence electrons. The summed E-state index contributed by atoms with van der Waals surface area (Å²) in [6.45, 7) is 1.20. The molecule has 0 amide bonds. The van der Waals surface area contributed by atoms with Gasteiger partial charge in [0.05, 0.1) is 10.6 Å². The van der Waals surface area contributed by atoms with Crippen LogP contribution in [0.25, 0.3) is 11.3 Å². The van der Waals surface area contributed by atoms with E-state index in [4.69, 9.17) is 4.74 Å². The highest BCUT2D eigenvalue weighted by Crippen LogP contribution is 2.30. The summed E-state index contributed by atoms with van der Waals surface area (Å²) in [7, 11) is -3.43. The first kappa shape index (κ1) is 22.6. The zero-order valence-corrected chi connectivity index (χ0v) is 20.2. The van der Waals surface area contributed by atoms with Gasteiger partial charge in [-0.2, -0.15) is 4.31 Å². The molecule has 5 rings (SSSR count). The highest BCUT2D eigenvalue weighted by Gasteiger charge is 2.25. The topological polar surface area (TPSA) is 71.5 Å². The summed E-state index contributed by atoms with van der Waals surface area (Å²) >= 11 is 1.50. The van der Waals surface area contributed by atoms with E-state index in [9.17, 15) is 8.42 Å². The van der Waals surface area contributed by atoms with Gasteiger partial charge in [-0.3, -0.25) is 0 Å². The highest BCUT2D eigenvalue weighted by molar-refractivity contribution is 7.89. The van der Waals surface area contributed by atoms with Crippen LogP contribution in [0, 0.1) is 0 Å². The van der Waals surface area contributed by atoms with E-state index in [1.54, 1.807) is 16.4 Å². The van der Waals surface area contributed by atoms with E-state index in [1.165, 1.54) is 11.3 Å². The molecule has 8 heteroatoms. The predicted molar refractivity (Wildman–Crippen MR) is 136 cm³/mol. The van der Waals surface area contributed by atoms with Gasteiger partial charge in [0.1, 0.15) is 11.5 Å². The second kappa shape index (κ2) is 9.97. The summed E-state index contributed by atoms with van der Waals surface area (Å²) in [6, 6.07) is 24.4. The van der Waals surface area contributed by atoms with Crippen molar-refractivity contribution in [3.63, 3.8) is 0 Å². The second-order valence-electron chi connectivity index (χ2n) is 8.09. The Labute approximate surface area is 203 Å². The SMILES string of the molecule is O=S(=O)(c1ccc(-c2csc(Nc3ccc(Oc4ccccc4)cc3)n2)cc1)N1CCCCC1. The number of aromatic nitrogens is 1. The molecule has 3 aromatic carbocycles. The number of ether oxygens (including phenoxy) is 1. The van der Waals surface area contributed by atoms with Crippen LogP contribution in [-0.4, -0.2) is 30.8 Å².